The highest BCUT2D eigenvalue weighted by atomic mass is 16.5. The molecule has 0 aliphatic carbocycles. The Labute approximate surface area is 402 Å². The molecule has 0 saturated carbocycles. The number of aliphatic imine (C=N–C) groups is 2. The zero-order chi connectivity index (χ0) is 47.4. The summed E-state index contributed by atoms with van der Waals surface area (Å²) in [6, 6.07) is 34.5. The SMILES string of the molecule is CO[C@H](C(=O)N1CC2=C(C1)C(NC(=O)c1ccc(N3CCN(CN4CCN(c5ccc(C(=O)NC6=NCC7=C6CN(C(=O)[C@H](OC)c6ccccc6)C7)cc5)CC4)CC3)cc1)=NC2)c1ccccc1. The molecule has 0 aromatic heterocycles. The molecule has 4 aromatic carbocycles. The first-order valence-electron chi connectivity index (χ1n) is 23.7. The predicted octanol–water partition coefficient (Wildman–Crippen LogP) is 3.93. The molecule has 0 bridgehead atoms. The maximum Gasteiger partial charge on any atom is 0.256 e. The van der Waals surface area contributed by atoms with E-state index in [1.54, 1.807) is 24.0 Å². The van der Waals surface area contributed by atoms with E-state index in [1.165, 1.54) is 0 Å². The number of benzene rings is 4. The number of methoxy groups -OCH3 is 2. The Morgan fingerprint density at radius 3 is 1.25 bits per heavy atom. The predicted molar refractivity (Wildman–Crippen MR) is 264 cm³/mol. The smallest absolute Gasteiger partial charge is 0.256 e. The highest BCUT2D eigenvalue weighted by Crippen LogP contribution is 2.30. The van der Waals surface area contributed by atoms with Gasteiger partial charge >= 0.3 is 0 Å². The molecule has 356 valence electrons. The summed E-state index contributed by atoms with van der Waals surface area (Å²) in [6.07, 6.45) is -1.37. The van der Waals surface area contributed by atoms with Crippen LogP contribution >= 0.6 is 0 Å². The van der Waals surface area contributed by atoms with Gasteiger partial charge in [0.15, 0.2) is 12.2 Å². The second-order valence-electron chi connectivity index (χ2n) is 18.3. The molecule has 6 heterocycles. The highest BCUT2D eigenvalue weighted by molar-refractivity contribution is 6.15. The van der Waals surface area contributed by atoms with Gasteiger partial charge in [-0.15, -0.1) is 0 Å². The number of hydrogen-bond donors (Lipinski definition) is 2. The lowest BCUT2D eigenvalue weighted by molar-refractivity contribution is -0.141. The zero-order valence-corrected chi connectivity index (χ0v) is 39.2. The molecule has 2 saturated heterocycles. The van der Waals surface area contributed by atoms with Crippen molar-refractivity contribution in [2.24, 2.45) is 9.98 Å². The number of carbonyl (C=O) groups is 4. The lowest BCUT2D eigenvalue weighted by Crippen LogP contribution is -2.54. The average Bonchev–Trinajstić information content (AvgIpc) is 4.19. The van der Waals surface area contributed by atoms with Gasteiger partial charge in [-0.1, -0.05) is 60.7 Å². The number of nitrogens with zero attached hydrogens (tertiary/aromatic N) is 8. The number of amides is 4. The summed E-state index contributed by atoms with van der Waals surface area (Å²) in [4.78, 5) is 76.1. The van der Waals surface area contributed by atoms with Gasteiger partial charge in [-0.25, -0.2) is 0 Å². The summed E-state index contributed by atoms with van der Waals surface area (Å²) >= 11 is 0. The summed E-state index contributed by atoms with van der Waals surface area (Å²) in [5.74, 6) is 0.435. The van der Waals surface area contributed by atoms with Crippen LogP contribution in [0.15, 0.2) is 141 Å². The minimum absolute atomic E-state index is 0.104. The number of piperazine rings is 2. The number of nitrogens with one attached hydrogen (secondary N) is 2. The first-order chi connectivity index (χ1) is 33.7. The number of amidine groups is 2. The second-order valence-corrected chi connectivity index (χ2v) is 18.3. The van der Waals surface area contributed by atoms with Crippen molar-refractivity contribution in [2.45, 2.75) is 12.2 Å². The van der Waals surface area contributed by atoms with Gasteiger partial charge in [0.2, 0.25) is 0 Å². The van der Waals surface area contributed by atoms with Gasteiger partial charge in [-0.2, -0.15) is 0 Å². The quantitative estimate of drug-likeness (QED) is 0.214. The third-order valence-corrected chi connectivity index (χ3v) is 14.1. The van der Waals surface area contributed by atoms with Crippen LogP contribution < -0.4 is 20.4 Å². The molecule has 16 nitrogen and oxygen atoms in total. The Balaban J connectivity index is 0.636. The van der Waals surface area contributed by atoms with E-state index >= 15 is 0 Å². The molecule has 2 N–H and O–H groups in total. The van der Waals surface area contributed by atoms with E-state index in [4.69, 9.17) is 9.47 Å². The van der Waals surface area contributed by atoms with E-state index in [1.807, 2.05) is 109 Å². The number of carbonyl (C=O) groups excluding carboxylic acids is 4. The Morgan fingerprint density at radius 2 is 0.884 bits per heavy atom. The lowest BCUT2D eigenvalue weighted by Gasteiger charge is -2.41. The van der Waals surface area contributed by atoms with E-state index in [-0.39, 0.29) is 23.6 Å². The first kappa shape index (κ1) is 45.8. The van der Waals surface area contributed by atoms with Crippen molar-refractivity contribution in [3.05, 3.63) is 154 Å². The van der Waals surface area contributed by atoms with Crippen molar-refractivity contribution in [3.8, 4) is 0 Å². The Bertz CT molecular complexity index is 2500. The summed E-state index contributed by atoms with van der Waals surface area (Å²) in [7, 11) is 3.10. The molecule has 0 radical (unpaired) electrons. The molecule has 0 unspecified atom stereocenters. The highest BCUT2D eigenvalue weighted by Gasteiger charge is 2.37. The summed E-state index contributed by atoms with van der Waals surface area (Å²) in [5, 5.41) is 6.03. The summed E-state index contributed by atoms with van der Waals surface area (Å²) in [6.45, 7) is 11.0. The van der Waals surface area contributed by atoms with Gasteiger partial charge in [-0.3, -0.25) is 39.0 Å². The van der Waals surface area contributed by atoms with Crippen LogP contribution in [0.5, 0.6) is 0 Å². The van der Waals surface area contributed by atoms with Gasteiger partial charge in [0.25, 0.3) is 23.6 Å². The number of hydrogen-bond acceptors (Lipinski definition) is 12. The van der Waals surface area contributed by atoms with Crippen LogP contribution in [0.25, 0.3) is 0 Å². The van der Waals surface area contributed by atoms with Crippen molar-refractivity contribution in [1.29, 1.82) is 0 Å². The van der Waals surface area contributed by atoms with Gasteiger partial charge in [-0.05, 0) is 70.8 Å². The molecule has 2 fully saturated rings. The molecule has 16 heteroatoms. The molecule has 4 aromatic rings. The van der Waals surface area contributed by atoms with Crippen LogP contribution in [0.3, 0.4) is 0 Å². The van der Waals surface area contributed by atoms with Crippen molar-refractivity contribution in [1.82, 2.24) is 30.2 Å². The third-order valence-electron chi connectivity index (χ3n) is 14.1. The fourth-order valence-electron chi connectivity index (χ4n) is 10.2. The van der Waals surface area contributed by atoms with Crippen molar-refractivity contribution in [3.63, 3.8) is 0 Å². The maximum absolute atomic E-state index is 13.4. The van der Waals surface area contributed by atoms with Gasteiger partial charge < -0.3 is 39.7 Å². The van der Waals surface area contributed by atoms with Crippen LogP contribution in [-0.2, 0) is 19.1 Å². The molecule has 10 rings (SSSR count). The topological polar surface area (TPSA) is 155 Å². The molecule has 2 atom stereocenters. The maximum atomic E-state index is 13.4. The largest absolute Gasteiger partial charge is 0.369 e. The van der Waals surface area contributed by atoms with E-state index in [0.717, 1.165) is 104 Å². The zero-order valence-electron chi connectivity index (χ0n) is 39.2. The lowest BCUT2D eigenvalue weighted by atomic mass is 10.1. The molecular weight excluding hydrogens is 873 g/mol. The van der Waals surface area contributed by atoms with E-state index in [2.05, 4.69) is 40.2 Å². The Hall–Kier alpha value is -6.98. The summed E-state index contributed by atoms with van der Waals surface area (Å²) in [5.41, 5.74) is 8.84. The molecule has 4 amide bonds. The third kappa shape index (κ3) is 9.83. The fourth-order valence-corrected chi connectivity index (χ4v) is 10.2. The number of anilines is 2. The number of ether oxygens (including phenoxy) is 2. The van der Waals surface area contributed by atoms with E-state index in [9.17, 15) is 19.2 Å². The molecule has 6 aliphatic rings. The monoisotopic (exact) mass is 930 g/mol. The van der Waals surface area contributed by atoms with E-state index < -0.39 is 12.2 Å². The molecule has 6 aliphatic heterocycles. The number of rotatable bonds is 12. The minimum Gasteiger partial charge on any atom is -0.369 e. The fraction of sp³-hybridized carbons (Fsp3) is 0.358. The molecule has 69 heavy (non-hydrogen) atoms. The van der Waals surface area contributed by atoms with Crippen LogP contribution in [0.4, 0.5) is 11.4 Å². The average molecular weight is 931 g/mol. The van der Waals surface area contributed by atoms with Gasteiger partial charge in [0.05, 0.1) is 19.8 Å². The van der Waals surface area contributed by atoms with E-state index in [0.29, 0.717) is 62.1 Å². The standard InChI is InChI=1S/C53H58N10O6/c1-68-46(36-9-5-3-6-10-36)52(66)62-31-40-29-54-48(44(40)33-62)56-50(64)38-13-17-42(18-14-38)60-25-21-58(22-26-60)35-59-23-27-61(28-24-59)43-19-15-39(16-20-43)51(65)57-49-45-34-63(32-41(45)30-55-49)53(67)47(69-2)37-11-7-4-8-12-37/h3-20,46-47H,21-35H2,1-2H3,(H,54,56,64)(H,55,57,65)/t46-,47+. The van der Waals surface area contributed by atoms with Crippen molar-refractivity contribution >= 4 is 46.7 Å². The Morgan fingerprint density at radius 1 is 0.507 bits per heavy atom. The molecule has 0 spiro atoms. The van der Waals surface area contributed by atoms with Crippen molar-refractivity contribution < 1.29 is 28.7 Å². The van der Waals surface area contributed by atoms with Gasteiger partial charge in [0.1, 0.15) is 11.7 Å². The van der Waals surface area contributed by atoms with Crippen LogP contribution in [0, 0.1) is 0 Å². The Kier molecular flexibility index (Phi) is 13.5. The first-order valence-corrected chi connectivity index (χ1v) is 23.7. The van der Waals surface area contributed by atoms with Crippen LogP contribution in [0.1, 0.15) is 44.1 Å². The van der Waals surface area contributed by atoms with Crippen LogP contribution in [0.2, 0.25) is 0 Å². The van der Waals surface area contributed by atoms with Crippen LogP contribution in [-0.4, -0.2) is 167 Å². The van der Waals surface area contributed by atoms with Crippen molar-refractivity contribution in [2.75, 3.05) is 122 Å². The van der Waals surface area contributed by atoms with Gasteiger partial charge in [0, 0.05) is 126 Å². The molecular formula is C53H58N10O6. The summed E-state index contributed by atoms with van der Waals surface area (Å²) < 4.78 is 11.2. The minimum atomic E-state index is -0.683. The second kappa shape index (κ2) is 20.3. The normalized spacial score (nSPS) is 19.3.